The Labute approximate surface area is 190 Å². The maximum absolute atomic E-state index is 12.8. The van der Waals surface area contributed by atoms with Gasteiger partial charge in [0.25, 0.3) is 5.91 Å². The highest BCUT2D eigenvalue weighted by atomic mass is 16.2. The molecule has 168 valence electrons. The summed E-state index contributed by atoms with van der Waals surface area (Å²) in [6, 6.07) is 16.5. The molecule has 1 spiro atoms. The molecule has 2 fully saturated rings. The number of aromatic nitrogens is 3. The van der Waals surface area contributed by atoms with Gasteiger partial charge in [-0.25, -0.2) is 9.78 Å². The predicted octanol–water partition coefficient (Wildman–Crippen LogP) is 3.33. The molecule has 1 aromatic heterocycles. The summed E-state index contributed by atoms with van der Waals surface area (Å²) >= 11 is 0. The van der Waals surface area contributed by atoms with Crippen LogP contribution in [0.1, 0.15) is 32.1 Å². The van der Waals surface area contributed by atoms with Crippen LogP contribution in [-0.2, 0) is 9.59 Å². The number of amides is 4. The Morgan fingerprint density at radius 3 is 2.55 bits per heavy atom. The first-order valence-corrected chi connectivity index (χ1v) is 11.1. The van der Waals surface area contributed by atoms with Crippen molar-refractivity contribution in [2.24, 2.45) is 0 Å². The molecule has 0 radical (unpaired) electrons. The van der Waals surface area contributed by atoms with Crippen molar-refractivity contribution in [1.29, 1.82) is 0 Å². The minimum absolute atomic E-state index is 0.00917. The number of nitrogens with zero attached hydrogens (tertiary/aromatic N) is 3. The Morgan fingerprint density at radius 2 is 1.76 bits per heavy atom. The molecule has 9 nitrogen and oxygen atoms in total. The number of nitrogens with one attached hydrogen (secondary N) is 3. The van der Waals surface area contributed by atoms with Crippen LogP contribution in [0.15, 0.2) is 54.6 Å². The molecule has 4 amide bonds. The number of imide groups is 1. The number of aromatic amines is 1. The zero-order valence-corrected chi connectivity index (χ0v) is 18.0. The average molecular weight is 444 g/mol. The molecule has 0 unspecified atom stereocenters. The Balaban J connectivity index is 1.26. The molecule has 1 aliphatic heterocycles. The minimum Gasteiger partial charge on any atom is -0.325 e. The van der Waals surface area contributed by atoms with Gasteiger partial charge in [-0.05, 0) is 25.0 Å². The number of benzene rings is 2. The van der Waals surface area contributed by atoms with Crippen molar-refractivity contribution in [2.45, 2.75) is 37.6 Å². The third kappa shape index (κ3) is 3.97. The fraction of sp³-hybridized carbons (Fsp3) is 0.292. The van der Waals surface area contributed by atoms with Crippen molar-refractivity contribution in [3.8, 4) is 22.8 Å². The van der Waals surface area contributed by atoms with Crippen LogP contribution in [0.25, 0.3) is 22.8 Å². The molecule has 3 N–H and O–H groups in total. The first-order valence-electron chi connectivity index (χ1n) is 11.1. The van der Waals surface area contributed by atoms with Crippen molar-refractivity contribution in [1.82, 2.24) is 25.4 Å². The van der Waals surface area contributed by atoms with E-state index in [4.69, 9.17) is 0 Å². The van der Waals surface area contributed by atoms with Crippen molar-refractivity contribution < 1.29 is 14.4 Å². The Morgan fingerprint density at radius 1 is 1.03 bits per heavy atom. The SMILES string of the molecule is O=C(CCN1C(=O)NC2(CCCC2)C1=O)Nc1ccccc1-c1nc(-c2ccccc2)n[nH]1. The van der Waals surface area contributed by atoms with E-state index in [1.54, 1.807) is 6.07 Å². The van der Waals surface area contributed by atoms with Crippen molar-refractivity contribution in [2.75, 3.05) is 11.9 Å². The van der Waals surface area contributed by atoms with Gasteiger partial charge in [-0.2, -0.15) is 5.10 Å². The van der Waals surface area contributed by atoms with Crippen LogP contribution in [0.2, 0.25) is 0 Å². The number of hydrogen-bond acceptors (Lipinski definition) is 5. The second-order valence-electron chi connectivity index (χ2n) is 8.39. The second kappa shape index (κ2) is 8.50. The molecule has 1 saturated heterocycles. The van der Waals surface area contributed by atoms with E-state index in [0.717, 1.165) is 18.4 Å². The fourth-order valence-corrected chi connectivity index (χ4v) is 4.52. The summed E-state index contributed by atoms with van der Waals surface area (Å²) in [7, 11) is 0. The molecular formula is C24H24N6O3. The molecule has 5 rings (SSSR count). The minimum atomic E-state index is -0.761. The number of carbonyl (C=O) groups is 3. The van der Waals surface area contributed by atoms with Gasteiger partial charge in [0, 0.05) is 24.1 Å². The van der Waals surface area contributed by atoms with Crippen LogP contribution < -0.4 is 10.6 Å². The largest absolute Gasteiger partial charge is 0.325 e. The van der Waals surface area contributed by atoms with Crippen molar-refractivity contribution in [3.63, 3.8) is 0 Å². The highest BCUT2D eigenvalue weighted by Gasteiger charge is 2.52. The van der Waals surface area contributed by atoms with Crippen LogP contribution in [0.3, 0.4) is 0 Å². The monoisotopic (exact) mass is 444 g/mol. The third-order valence-electron chi connectivity index (χ3n) is 6.24. The molecule has 1 aliphatic carbocycles. The van der Waals surface area contributed by atoms with Crippen LogP contribution in [-0.4, -0.2) is 50.0 Å². The molecule has 2 heterocycles. The number of para-hydroxylation sites is 1. The summed E-state index contributed by atoms with van der Waals surface area (Å²) in [5.74, 6) is 0.583. The second-order valence-corrected chi connectivity index (χ2v) is 8.39. The van der Waals surface area contributed by atoms with Crippen LogP contribution in [0.5, 0.6) is 0 Å². The Kier molecular flexibility index (Phi) is 5.37. The molecule has 0 atom stereocenters. The third-order valence-corrected chi connectivity index (χ3v) is 6.24. The van der Waals surface area contributed by atoms with Gasteiger partial charge in [-0.15, -0.1) is 0 Å². The van der Waals surface area contributed by atoms with E-state index in [1.165, 1.54) is 4.90 Å². The zero-order valence-electron chi connectivity index (χ0n) is 18.0. The van der Waals surface area contributed by atoms with Gasteiger partial charge in [0.05, 0.1) is 5.69 Å². The molecular weight excluding hydrogens is 420 g/mol. The van der Waals surface area contributed by atoms with Gasteiger partial charge in [0.15, 0.2) is 11.6 Å². The lowest BCUT2D eigenvalue weighted by molar-refractivity contribution is -0.131. The van der Waals surface area contributed by atoms with Crippen LogP contribution in [0, 0.1) is 0 Å². The fourth-order valence-electron chi connectivity index (χ4n) is 4.52. The van der Waals surface area contributed by atoms with Gasteiger partial charge < -0.3 is 10.6 Å². The molecule has 3 aromatic rings. The summed E-state index contributed by atoms with van der Waals surface area (Å²) in [5.41, 5.74) is 1.39. The van der Waals surface area contributed by atoms with E-state index >= 15 is 0 Å². The number of hydrogen-bond donors (Lipinski definition) is 3. The number of urea groups is 1. The van der Waals surface area contributed by atoms with Gasteiger partial charge in [0.1, 0.15) is 5.54 Å². The number of rotatable bonds is 6. The normalized spacial score (nSPS) is 16.9. The molecule has 1 saturated carbocycles. The maximum atomic E-state index is 12.8. The van der Waals surface area contributed by atoms with Gasteiger partial charge in [0.2, 0.25) is 5.91 Å². The molecule has 2 aromatic carbocycles. The predicted molar refractivity (Wildman–Crippen MR) is 122 cm³/mol. The van der Waals surface area contributed by atoms with E-state index in [0.29, 0.717) is 35.7 Å². The zero-order chi connectivity index (χ0) is 22.8. The maximum Gasteiger partial charge on any atom is 0.325 e. The number of H-pyrrole nitrogens is 1. The van der Waals surface area contributed by atoms with E-state index in [2.05, 4.69) is 25.8 Å². The van der Waals surface area contributed by atoms with Crippen molar-refractivity contribution in [3.05, 3.63) is 54.6 Å². The topological polar surface area (TPSA) is 120 Å². The highest BCUT2D eigenvalue weighted by Crippen LogP contribution is 2.35. The smallest absolute Gasteiger partial charge is 0.325 e. The van der Waals surface area contributed by atoms with Gasteiger partial charge in [-0.1, -0.05) is 55.3 Å². The molecule has 9 heteroatoms. The summed E-state index contributed by atoms with van der Waals surface area (Å²) in [6.07, 6.45) is 3.18. The van der Waals surface area contributed by atoms with Crippen LogP contribution in [0.4, 0.5) is 10.5 Å². The quantitative estimate of drug-likeness (QED) is 0.504. The highest BCUT2D eigenvalue weighted by molar-refractivity contribution is 6.07. The van der Waals surface area contributed by atoms with Gasteiger partial charge >= 0.3 is 6.03 Å². The van der Waals surface area contributed by atoms with E-state index in [9.17, 15) is 14.4 Å². The molecule has 33 heavy (non-hydrogen) atoms. The number of carbonyl (C=O) groups excluding carboxylic acids is 3. The first kappa shape index (κ1) is 20.9. The summed E-state index contributed by atoms with van der Waals surface area (Å²) in [6.45, 7) is 0.0425. The average Bonchev–Trinajstić information content (AvgIpc) is 3.55. The van der Waals surface area contributed by atoms with Crippen LogP contribution >= 0.6 is 0 Å². The Hall–Kier alpha value is -4.01. The lowest BCUT2D eigenvalue weighted by Gasteiger charge is -2.20. The molecule has 2 aliphatic rings. The first-order chi connectivity index (χ1) is 16.1. The van der Waals surface area contributed by atoms with E-state index in [1.807, 2.05) is 48.5 Å². The summed E-state index contributed by atoms with van der Waals surface area (Å²) < 4.78 is 0. The number of anilines is 1. The molecule has 0 bridgehead atoms. The van der Waals surface area contributed by atoms with Gasteiger partial charge in [-0.3, -0.25) is 19.6 Å². The standard InChI is InChI=1S/C24H24N6O3/c31-19(12-15-30-22(32)24(27-23(30)33)13-6-7-14-24)25-18-11-5-4-10-17(18)21-26-20(28-29-21)16-8-2-1-3-9-16/h1-5,8-11H,6-7,12-15H2,(H,25,31)(H,27,33)(H,26,28,29). The van der Waals surface area contributed by atoms with E-state index < -0.39 is 11.6 Å². The van der Waals surface area contributed by atoms with E-state index in [-0.39, 0.29) is 24.8 Å². The van der Waals surface area contributed by atoms with Crippen molar-refractivity contribution >= 4 is 23.5 Å². The summed E-state index contributed by atoms with van der Waals surface area (Å²) in [5, 5.41) is 12.9. The lowest BCUT2D eigenvalue weighted by atomic mass is 9.98. The Bertz CT molecular complexity index is 1200. The lowest BCUT2D eigenvalue weighted by Crippen LogP contribution is -2.44. The summed E-state index contributed by atoms with van der Waals surface area (Å²) in [4.78, 5) is 43.5.